The molecule has 3 aromatic rings. The van der Waals surface area contributed by atoms with Crippen molar-refractivity contribution in [2.45, 2.75) is 6.92 Å². The summed E-state index contributed by atoms with van der Waals surface area (Å²) in [5, 5.41) is 3.04. The Morgan fingerprint density at radius 3 is 2.79 bits per heavy atom. The Morgan fingerprint density at radius 2 is 2.00 bits per heavy atom. The van der Waals surface area contributed by atoms with Crippen molar-refractivity contribution in [3.8, 4) is 27.6 Å². The highest BCUT2D eigenvalue weighted by Crippen LogP contribution is 2.37. The van der Waals surface area contributed by atoms with Gasteiger partial charge in [0.2, 0.25) is 0 Å². The Hall–Kier alpha value is -2.66. The second-order valence-electron chi connectivity index (χ2n) is 5.51. The number of carbonyl (C=O) groups is 1. The molecule has 0 spiro atoms. The lowest BCUT2D eigenvalue weighted by Gasteiger charge is -2.28. The van der Waals surface area contributed by atoms with Gasteiger partial charge in [-0.1, -0.05) is 30.3 Å². The molecule has 2 aromatic carbocycles. The van der Waals surface area contributed by atoms with Crippen LogP contribution in [-0.2, 0) is 4.79 Å². The second kappa shape index (κ2) is 6.09. The summed E-state index contributed by atoms with van der Waals surface area (Å²) in [6.45, 7) is 2.70. The molecule has 1 aliphatic rings. The van der Waals surface area contributed by atoms with E-state index < -0.39 is 0 Å². The molecule has 4 rings (SSSR count). The fourth-order valence-corrected chi connectivity index (χ4v) is 3.66. The van der Waals surface area contributed by atoms with Gasteiger partial charge >= 0.3 is 0 Å². The molecule has 5 heteroatoms. The number of hydrogen-bond donors (Lipinski definition) is 0. The van der Waals surface area contributed by atoms with Crippen molar-refractivity contribution in [3.63, 3.8) is 0 Å². The predicted molar refractivity (Wildman–Crippen MR) is 96.5 cm³/mol. The monoisotopic (exact) mass is 336 g/mol. The predicted octanol–water partition coefficient (Wildman–Crippen LogP) is 4.22. The normalized spacial score (nSPS) is 13.5. The lowest BCUT2D eigenvalue weighted by molar-refractivity contribution is -0.121. The van der Waals surface area contributed by atoms with Crippen LogP contribution in [0.15, 0.2) is 53.9 Å². The highest BCUT2D eigenvalue weighted by atomic mass is 32.1. The van der Waals surface area contributed by atoms with Crippen LogP contribution in [0.4, 0.5) is 5.69 Å². The van der Waals surface area contributed by atoms with Crippen LogP contribution in [-0.4, -0.2) is 24.0 Å². The van der Waals surface area contributed by atoms with Crippen LogP contribution < -0.4 is 9.64 Å². The number of carbonyl (C=O) groups excluding carboxylic acids is 1. The average molecular weight is 336 g/mol. The summed E-state index contributed by atoms with van der Waals surface area (Å²) in [5.41, 5.74) is 3.83. The Labute approximate surface area is 144 Å². The molecule has 0 fully saturated rings. The van der Waals surface area contributed by atoms with E-state index in [2.05, 4.69) is 12.1 Å². The largest absolute Gasteiger partial charge is 0.482 e. The summed E-state index contributed by atoms with van der Waals surface area (Å²) < 4.78 is 5.52. The van der Waals surface area contributed by atoms with E-state index in [-0.39, 0.29) is 12.5 Å². The molecule has 1 aliphatic heterocycles. The number of fused-ring (bicyclic) bond motifs is 1. The third-order valence-corrected chi connectivity index (χ3v) is 4.93. The topological polar surface area (TPSA) is 42.4 Å². The SMILES string of the molecule is CCN1C(=O)COc2ccc(-c3csc(-c4ccccc4)n3)cc21. The van der Waals surface area contributed by atoms with Gasteiger partial charge in [0, 0.05) is 23.1 Å². The molecular weight excluding hydrogens is 320 g/mol. The number of benzene rings is 2. The first-order valence-corrected chi connectivity index (χ1v) is 8.73. The molecule has 0 aliphatic carbocycles. The average Bonchev–Trinajstić information content (AvgIpc) is 3.12. The van der Waals surface area contributed by atoms with Crippen LogP contribution in [0.3, 0.4) is 0 Å². The van der Waals surface area contributed by atoms with Crippen molar-refractivity contribution in [2.24, 2.45) is 0 Å². The van der Waals surface area contributed by atoms with E-state index in [0.717, 1.165) is 33.3 Å². The number of nitrogens with zero attached hydrogens (tertiary/aromatic N) is 2. The maximum Gasteiger partial charge on any atom is 0.265 e. The number of thiazole rings is 1. The van der Waals surface area contributed by atoms with Gasteiger partial charge < -0.3 is 9.64 Å². The highest BCUT2D eigenvalue weighted by molar-refractivity contribution is 7.13. The Kier molecular flexibility index (Phi) is 3.78. The van der Waals surface area contributed by atoms with Crippen molar-refractivity contribution in [2.75, 3.05) is 18.1 Å². The first kappa shape index (κ1) is 14.9. The minimum Gasteiger partial charge on any atom is -0.482 e. The smallest absolute Gasteiger partial charge is 0.265 e. The van der Waals surface area contributed by atoms with Crippen LogP contribution >= 0.6 is 11.3 Å². The van der Waals surface area contributed by atoms with Gasteiger partial charge in [-0.15, -0.1) is 11.3 Å². The van der Waals surface area contributed by atoms with E-state index in [1.165, 1.54) is 0 Å². The van der Waals surface area contributed by atoms with E-state index in [1.54, 1.807) is 16.2 Å². The third-order valence-electron chi connectivity index (χ3n) is 4.04. The minimum atomic E-state index is -0.00889. The molecule has 4 nitrogen and oxygen atoms in total. The van der Waals surface area contributed by atoms with Gasteiger partial charge in [0.05, 0.1) is 11.4 Å². The maximum absolute atomic E-state index is 12.0. The van der Waals surface area contributed by atoms with Crippen LogP contribution in [0.2, 0.25) is 0 Å². The fraction of sp³-hybridized carbons (Fsp3) is 0.158. The standard InChI is InChI=1S/C19H16N2O2S/c1-2-21-16-10-14(8-9-17(16)23-11-18(21)22)15-12-24-19(20-15)13-6-4-3-5-7-13/h3-10,12H,2,11H2,1H3. The van der Waals surface area contributed by atoms with Crippen molar-refractivity contribution in [1.29, 1.82) is 0 Å². The van der Waals surface area contributed by atoms with Crippen LogP contribution in [0, 0.1) is 0 Å². The van der Waals surface area contributed by atoms with Gasteiger partial charge in [0.25, 0.3) is 5.91 Å². The number of aromatic nitrogens is 1. The Bertz CT molecular complexity index is 889. The van der Waals surface area contributed by atoms with Gasteiger partial charge in [0.15, 0.2) is 6.61 Å². The third kappa shape index (κ3) is 2.57. The number of ether oxygens (including phenoxy) is 1. The van der Waals surface area contributed by atoms with Gasteiger partial charge in [-0.3, -0.25) is 4.79 Å². The highest BCUT2D eigenvalue weighted by Gasteiger charge is 2.24. The molecule has 0 saturated carbocycles. The summed E-state index contributed by atoms with van der Waals surface area (Å²) in [5.74, 6) is 0.740. The van der Waals surface area contributed by atoms with Crippen LogP contribution in [0.25, 0.3) is 21.8 Å². The van der Waals surface area contributed by atoms with Gasteiger partial charge in [0.1, 0.15) is 10.8 Å². The minimum absolute atomic E-state index is 0.00889. The second-order valence-corrected chi connectivity index (χ2v) is 6.37. The molecule has 0 atom stereocenters. The summed E-state index contributed by atoms with van der Waals surface area (Å²) >= 11 is 1.62. The van der Waals surface area contributed by atoms with Crippen molar-refractivity contribution >= 4 is 22.9 Å². The molecule has 2 heterocycles. The van der Waals surface area contributed by atoms with E-state index >= 15 is 0 Å². The zero-order valence-electron chi connectivity index (χ0n) is 13.2. The van der Waals surface area contributed by atoms with Gasteiger partial charge in [-0.05, 0) is 25.1 Å². The molecule has 0 N–H and O–H groups in total. The number of anilines is 1. The summed E-state index contributed by atoms with van der Waals surface area (Å²) in [6, 6.07) is 16.0. The maximum atomic E-state index is 12.0. The van der Waals surface area contributed by atoms with E-state index in [0.29, 0.717) is 6.54 Å². The number of rotatable bonds is 3. The fourth-order valence-electron chi connectivity index (χ4n) is 2.83. The first-order valence-electron chi connectivity index (χ1n) is 7.85. The number of amides is 1. The summed E-state index contributed by atoms with van der Waals surface area (Å²) in [7, 11) is 0. The zero-order valence-corrected chi connectivity index (χ0v) is 14.0. The zero-order chi connectivity index (χ0) is 16.5. The molecule has 0 saturated heterocycles. The van der Waals surface area contributed by atoms with Crippen molar-refractivity contribution < 1.29 is 9.53 Å². The molecule has 120 valence electrons. The van der Waals surface area contributed by atoms with E-state index in [4.69, 9.17) is 9.72 Å². The van der Waals surface area contributed by atoms with Crippen LogP contribution in [0.1, 0.15) is 6.92 Å². The molecule has 0 bridgehead atoms. The summed E-state index contributed by atoms with van der Waals surface area (Å²) in [6.07, 6.45) is 0. The molecule has 1 aromatic heterocycles. The number of likely N-dealkylation sites (N-methyl/N-ethyl adjacent to an activating group) is 1. The molecule has 1 amide bonds. The molecule has 0 unspecified atom stereocenters. The lowest BCUT2D eigenvalue weighted by atomic mass is 10.1. The van der Waals surface area contributed by atoms with Gasteiger partial charge in [-0.2, -0.15) is 0 Å². The Morgan fingerprint density at radius 1 is 1.17 bits per heavy atom. The molecular formula is C19H16N2O2S. The molecule has 0 radical (unpaired) electrons. The van der Waals surface area contributed by atoms with Crippen molar-refractivity contribution in [1.82, 2.24) is 4.98 Å². The quantitative estimate of drug-likeness (QED) is 0.719. The van der Waals surface area contributed by atoms with Crippen molar-refractivity contribution in [3.05, 3.63) is 53.9 Å². The lowest BCUT2D eigenvalue weighted by Crippen LogP contribution is -2.38. The van der Waals surface area contributed by atoms with Crippen LogP contribution in [0.5, 0.6) is 5.75 Å². The Balaban J connectivity index is 1.72. The van der Waals surface area contributed by atoms with E-state index in [1.807, 2.05) is 48.7 Å². The first-order chi connectivity index (χ1) is 11.8. The van der Waals surface area contributed by atoms with Gasteiger partial charge in [-0.25, -0.2) is 4.98 Å². The molecule has 24 heavy (non-hydrogen) atoms. The number of hydrogen-bond acceptors (Lipinski definition) is 4. The van der Waals surface area contributed by atoms with E-state index in [9.17, 15) is 4.79 Å². The summed E-state index contributed by atoms with van der Waals surface area (Å²) in [4.78, 5) is 18.5.